The second-order valence-corrected chi connectivity index (χ2v) is 8.70. The monoisotopic (exact) mass is 378 g/mol. The van der Waals surface area contributed by atoms with Crippen LogP contribution < -0.4 is 4.74 Å². The summed E-state index contributed by atoms with van der Waals surface area (Å²) in [5.41, 5.74) is 0.948. The smallest absolute Gasteiger partial charge is 0.306 e. The minimum absolute atomic E-state index is 0.0536. The molecule has 3 fully saturated rings. The van der Waals surface area contributed by atoms with Crippen molar-refractivity contribution in [3.8, 4) is 11.5 Å². The fourth-order valence-corrected chi connectivity index (χ4v) is 5.16. The van der Waals surface area contributed by atoms with E-state index in [0.717, 1.165) is 56.4 Å². The third-order valence-electron chi connectivity index (χ3n) is 6.93. The molecule has 4 nitrogen and oxygen atoms in total. The van der Waals surface area contributed by atoms with Gasteiger partial charge >= 0.3 is 5.97 Å². The van der Waals surface area contributed by atoms with E-state index < -0.39 is 5.97 Å². The van der Waals surface area contributed by atoms with Crippen molar-refractivity contribution in [2.45, 2.75) is 56.1 Å². The number of carbonyl (C=O) groups is 1. The highest BCUT2D eigenvalue weighted by Crippen LogP contribution is 2.59. The third kappa shape index (κ3) is 3.20. The summed E-state index contributed by atoms with van der Waals surface area (Å²) < 4.78 is 12.7. The molecule has 0 spiro atoms. The van der Waals surface area contributed by atoms with Crippen molar-refractivity contribution >= 4 is 5.97 Å². The summed E-state index contributed by atoms with van der Waals surface area (Å²) in [5.74, 6) is 1.28. The van der Waals surface area contributed by atoms with Gasteiger partial charge in [0.1, 0.15) is 11.5 Å². The molecule has 1 aliphatic carbocycles. The van der Waals surface area contributed by atoms with Gasteiger partial charge in [0.15, 0.2) is 0 Å². The van der Waals surface area contributed by atoms with Crippen LogP contribution in [0.3, 0.4) is 0 Å². The van der Waals surface area contributed by atoms with E-state index in [9.17, 15) is 4.79 Å². The molecule has 2 aromatic carbocycles. The van der Waals surface area contributed by atoms with E-state index in [0.29, 0.717) is 5.92 Å². The third-order valence-corrected chi connectivity index (χ3v) is 6.93. The summed E-state index contributed by atoms with van der Waals surface area (Å²) in [4.78, 5) is 11.1. The Morgan fingerprint density at radius 3 is 2.50 bits per heavy atom. The number of rotatable bonds is 7. The summed E-state index contributed by atoms with van der Waals surface area (Å²) in [7, 11) is 0. The second kappa shape index (κ2) is 6.63. The fraction of sp³-hybridized carbons (Fsp3) is 0.458. The molecule has 4 heteroatoms. The van der Waals surface area contributed by atoms with Crippen LogP contribution in [0, 0.1) is 11.8 Å². The van der Waals surface area contributed by atoms with Crippen molar-refractivity contribution in [1.82, 2.24) is 0 Å². The Hall–Kier alpha value is -2.33. The molecule has 1 saturated carbocycles. The van der Waals surface area contributed by atoms with Crippen LogP contribution in [0.5, 0.6) is 11.5 Å². The fourth-order valence-electron chi connectivity index (χ4n) is 5.16. The molecule has 5 rings (SSSR count). The molecule has 28 heavy (non-hydrogen) atoms. The predicted molar refractivity (Wildman–Crippen MR) is 105 cm³/mol. The van der Waals surface area contributed by atoms with Crippen LogP contribution >= 0.6 is 0 Å². The summed E-state index contributed by atoms with van der Waals surface area (Å²) in [5, 5.41) is 9.12. The first-order valence-corrected chi connectivity index (χ1v) is 10.3. The van der Waals surface area contributed by atoms with Gasteiger partial charge < -0.3 is 14.6 Å². The molecule has 3 aliphatic rings. The maximum Gasteiger partial charge on any atom is 0.306 e. The maximum absolute atomic E-state index is 11.1. The SMILES string of the molecule is O=C(O)[C@H]1C[C@@H]1CCC12CCC(c3cccc(Oc4ccccc4)c3)(CC1)O2. The lowest BCUT2D eigenvalue weighted by molar-refractivity contribution is -0.139. The number of para-hydroxylation sites is 1. The second-order valence-electron chi connectivity index (χ2n) is 8.70. The molecular formula is C24H26O4. The highest BCUT2D eigenvalue weighted by atomic mass is 16.5. The molecular weight excluding hydrogens is 352 g/mol. The van der Waals surface area contributed by atoms with Crippen molar-refractivity contribution < 1.29 is 19.4 Å². The van der Waals surface area contributed by atoms with Crippen LogP contribution in [0.4, 0.5) is 0 Å². The number of carboxylic acids is 1. The average molecular weight is 378 g/mol. The van der Waals surface area contributed by atoms with Crippen molar-refractivity contribution in [3.63, 3.8) is 0 Å². The van der Waals surface area contributed by atoms with E-state index in [1.807, 2.05) is 42.5 Å². The molecule has 1 N–H and O–H groups in total. The van der Waals surface area contributed by atoms with Crippen LogP contribution in [0.15, 0.2) is 54.6 Å². The van der Waals surface area contributed by atoms with Gasteiger partial charge in [-0.05, 0) is 80.7 Å². The van der Waals surface area contributed by atoms with Crippen LogP contribution in [-0.2, 0) is 15.1 Å². The predicted octanol–water partition coefficient (Wildman–Crippen LogP) is 5.52. The molecule has 2 atom stereocenters. The molecule has 0 radical (unpaired) electrons. The van der Waals surface area contributed by atoms with E-state index in [4.69, 9.17) is 14.6 Å². The Morgan fingerprint density at radius 1 is 1.04 bits per heavy atom. The Balaban J connectivity index is 1.27. The van der Waals surface area contributed by atoms with Crippen molar-refractivity contribution in [3.05, 3.63) is 60.2 Å². The van der Waals surface area contributed by atoms with Gasteiger partial charge in [-0.1, -0.05) is 30.3 Å². The summed E-state index contributed by atoms with van der Waals surface area (Å²) in [6.07, 6.45) is 7.02. The van der Waals surface area contributed by atoms with Gasteiger partial charge in [0.25, 0.3) is 0 Å². The minimum Gasteiger partial charge on any atom is -0.481 e. The number of ether oxygens (including phenoxy) is 2. The van der Waals surface area contributed by atoms with Gasteiger partial charge in [0, 0.05) is 0 Å². The molecule has 146 valence electrons. The Labute approximate surface area is 165 Å². The van der Waals surface area contributed by atoms with E-state index in [-0.39, 0.29) is 17.1 Å². The zero-order valence-electron chi connectivity index (χ0n) is 16.0. The van der Waals surface area contributed by atoms with E-state index in [2.05, 4.69) is 12.1 Å². The van der Waals surface area contributed by atoms with Crippen LogP contribution in [0.25, 0.3) is 0 Å². The number of aliphatic carboxylic acids is 1. The highest BCUT2D eigenvalue weighted by molar-refractivity contribution is 5.73. The van der Waals surface area contributed by atoms with Gasteiger partial charge in [-0.25, -0.2) is 0 Å². The van der Waals surface area contributed by atoms with Crippen LogP contribution in [-0.4, -0.2) is 16.7 Å². The Bertz CT molecular complexity index is 867. The van der Waals surface area contributed by atoms with Crippen molar-refractivity contribution in [2.75, 3.05) is 0 Å². The molecule has 2 aliphatic heterocycles. The molecule has 2 aromatic rings. The van der Waals surface area contributed by atoms with Gasteiger partial charge in [-0.15, -0.1) is 0 Å². The normalized spacial score (nSPS) is 33.0. The lowest BCUT2D eigenvalue weighted by Crippen LogP contribution is -2.24. The van der Waals surface area contributed by atoms with Gasteiger partial charge in [0.2, 0.25) is 0 Å². The first-order valence-electron chi connectivity index (χ1n) is 10.3. The molecule has 2 heterocycles. The quantitative estimate of drug-likeness (QED) is 0.689. The van der Waals surface area contributed by atoms with Crippen LogP contribution in [0.2, 0.25) is 0 Å². The number of hydrogen-bond acceptors (Lipinski definition) is 3. The largest absolute Gasteiger partial charge is 0.481 e. The van der Waals surface area contributed by atoms with E-state index in [1.165, 1.54) is 5.56 Å². The zero-order chi connectivity index (χ0) is 19.2. The van der Waals surface area contributed by atoms with Crippen LogP contribution in [0.1, 0.15) is 50.5 Å². The number of benzene rings is 2. The Kier molecular flexibility index (Phi) is 4.20. The van der Waals surface area contributed by atoms with Gasteiger partial charge in [-0.3, -0.25) is 4.79 Å². The van der Waals surface area contributed by atoms with Crippen molar-refractivity contribution in [1.29, 1.82) is 0 Å². The highest BCUT2D eigenvalue weighted by Gasteiger charge is 2.56. The topological polar surface area (TPSA) is 55.8 Å². The molecule has 0 aromatic heterocycles. The Morgan fingerprint density at radius 2 is 1.79 bits per heavy atom. The average Bonchev–Trinajstić information content (AvgIpc) is 3.29. The number of carboxylic acid groups (broad SMARTS) is 1. The lowest BCUT2D eigenvalue weighted by atomic mass is 9.77. The van der Waals surface area contributed by atoms with Gasteiger partial charge in [0.05, 0.1) is 17.1 Å². The summed E-state index contributed by atoms with van der Waals surface area (Å²) in [6, 6.07) is 18.1. The molecule has 2 bridgehead atoms. The maximum atomic E-state index is 11.1. The van der Waals surface area contributed by atoms with Gasteiger partial charge in [-0.2, -0.15) is 0 Å². The first-order chi connectivity index (χ1) is 13.6. The standard InChI is InChI=1S/C24H26O4/c25-22(26)21-15-17(21)9-10-23-11-13-24(28-23,14-12-23)18-5-4-8-20(16-18)27-19-6-2-1-3-7-19/h1-8,16-17,21H,9-15H2,(H,25,26)/t17-,21-,23?,24?/m0/s1. The van der Waals surface area contributed by atoms with E-state index >= 15 is 0 Å². The molecule has 0 amide bonds. The first kappa shape index (κ1) is 17.7. The minimum atomic E-state index is -0.633. The number of hydrogen-bond donors (Lipinski definition) is 1. The van der Waals surface area contributed by atoms with Crippen molar-refractivity contribution in [2.24, 2.45) is 11.8 Å². The molecule has 2 saturated heterocycles. The zero-order valence-corrected chi connectivity index (χ0v) is 16.0. The summed E-state index contributed by atoms with van der Waals surface area (Å²) >= 11 is 0. The summed E-state index contributed by atoms with van der Waals surface area (Å²) in [6.45, 7) is 0. The number of fused-ring (bicyclic) bond motifs is 2. The lowest BCUT2D eigenvalue weighted by Gasteiger charge is -2.26. The van der Waals surface area contributed by atoms with E-state index in [1.54, 1.807) is 0 Å². The molecule has 0 unspecified atom stereocenters.